The van der Waals surface area contributed by atoms with Crippen LogP contribution in [0.4, 0.5) is 0 Å². The van der Waals surface area contributed by atoms with Gasteiger partial charge in [0.25, 0.3) is 0 Å². The van der Waals surface area contributed by atoms with Crippen molar-refractivity contribution in [3.8, 4) is 0 Å². The van der Waals surface area contributed by atoms with Gasteiger partial charge < -0.3 is 5.32 Å². The van der Waals surface area contributed by atoms with Gasteiger partial charge in [-0.05, 0) is 30.0 Å². The molecule has 1 aromatic rings. The summed E-state index contributed by atoms with van der Waals surface area (Å²) in [6.45, 7) is 9.15. The van der Waals surface area contributed by atoms with Crippen LogP contribution in [0.2, 0.25) is 0 Å². The second-order valence-corrected chi connectivity index (χ2v) is 3.88. The largest absolute Gasteiger partial charge is 0.306 e. The molecule has 1 nitrogen and oxygen atoms in total. The normalized spacial score (nSPS) is 12.8. The van der Waals surface area contributed by atoms with Crippen LogP contribution < -0.4 is 5.32 Å². The molecule has 0 saturated heterocycles. The van der Waals surface area contributed by atoms with Gasteiger partial charge in [-0.25, -0.2) is 0 Å². The molecule has 0 fully saturated rings. The third-order valence-corrected chi connectivity index (χ3v) is 3.15. The van der Waals surface area contributed by atoms with Gasteiger partial charge >= 0.3 is 0 Å². The molecule has 0 radical (unpaired) electrons. The summed E-state index contributed by atoms with van der Waals surface area (Å²) in [5.74, 6) is 0. The lowest BCUT2D eigenvalue weighted by atomic mass is 10.1. The number of rotatable bonds is 5. The number of hydrogen-bond acceptors (Lipinski definition) is 2. The van der Waals surface area contributed by atoms with Crippen molar-refractivity contribution in [2.75, 3.05) is 6.54 Å². The van der Waals surface area contributed by atoms with E-state index in [1.807, 2.05) is 17.4 Å². The average Bonchev–Trinajstić information content (AvgIpc) is 2.61. The third kappa shape index (κ3) is 2.42. The van der Waals surface area contributed by atoms with Gasteiger partial charge in [0.05, 0.1) is 6.04 Å². The Morgan fingerprint density at radius 3 is 2.92 bits per heavy atom. The Morgan fingerprint density at radius 2 is 2.38 bits per heavy atom. The minimum Gasteiger partial charge on any atom is -0.306 e. The third-order valence-electron chi connectivity index (χ3n) is 2.10. The Hall–Kier alpha value is -0.600. The van der Waals surface area contributed by atoms with E-state index in [-0.39, 0.29) is 0 Å². The number of aryl methyl sites for hydroxylation is 1. The van der Waals surface area contributed by atoms with E-state index in [1.165, 1.54) is 10.4 Å². The van der Waals surface area contributed by atoms with Crippen LogP contribution in [0.1, 0.15) is 30.3 Å². The van der Waals surface area contributed by atoms with Crippen LogP contribution in [-0.2, 0) is 6.42 Å². The average molecular weight is 195 g/mol. The number of hydrogen-bond donors (Lipinski definition) is 1. The minimum absolute atomic E-state index is 0.333. The van der Waals surface area contributed by atoms with Crippen LogP contribution in [0.3, 0.4) is 0 Å². The van der Waals surface area contributed by atoms with E-state index in [2.05, 4.69) is 37.2 Å². The standard InChI is InChI=1S/C11H17NS/c1-4-9-7-8-13-11(9)10(5-2)12-6-3/h5,7-8,10,12H,2,4,6H2,1,3H3. The summed E-state index contributed by atoms with van der Waals surface area (Å²) < 4.78 is 0. The first kappa shape index (κ1) is 10.5. The maximum Gasteiger partial charge on any atom is 0.0600 e. The molecule has 0 saturated carbocycles. The summed E-state index contributed by atoms with van der Waals surface area (Å²) in [5, 5.41) is 5.56. The predicted octanol–water partition coefficient (Wildman–Crippen LogP) is 3.15. The zero-order valence-corrected chi connectivity index (χ0v) is 9.16. The predicted molar refractivity (Wildman–Crippen MR) is 60.3 cm³/mol. The SMILES string of the molecule is C=CC(NCC)c1sccc1CC. The summed E-state index contributed by atoms with van der Waals surface area (Å²) in [7, 11) is 0. The van der Waals surface area contributed by atoms with Crippen molar-refractivity contribution in [2.45, 2.75) is 26.3 Å². The molecule has 1 aromatic heterocycles. The fourth-order valence-electron chi connectivity index (χ4n) is 1.42. The summed E-state index contributed by atoms with van der Waals surface area (Å²) in [5.41, 5.74) is 1.44. The highest BCUT2D eigenvalue weighted by Gasteiger charge is 2.10. The molecule has 0 aromatic carbocycles. The van der Waals surface area contributed by atoms with E-state index in [4.69, 9.17) is 0 Å². The molecule has 1 atom stereocenters. The summed E-state index contributed by atoms with van der Waals surface area (Å²) in [4.78, 5) is 1.42. The molecule has 0 bridgehead atoms. The van der Waals surface area contributed by atoms with Gasteiger partial charge in [-0.1, -0.05) is 19.9 Å². The smallest absolute Gasteiger partial charge is 0.0600 e. The van der Waals surface area contributed by atoms with Crippen LogP contribution in [0, 0.1) is 0 Å². The van der Waals surface area contributed by atoms with Crippen molar-refractivity contribution in [2.24, 2.45) is 0 Å². The second-order valence-electron chi connectivity index (χ2n) is 2.93. The van der Waals surface area contributed by atoms with E-state index >= 15 is 0 Å². The van der Waals surface area contributed by atoms with Crippen molar-refractivity contribution >= 4 is 11.3 Å². The Balaban J connectivity index is 2.83. The molecule has 1 N–H and O–H groups in total. The van der Waals surface area contributed by atoms with Crippen LogP contribution in [0.15, 0.2) is 24.1 Å². The van der Waals surface area contributed by atoms with Crippen LogP contribution in [-0.4, -0.2) is 6.54 Å². The molecule has 0 aliphatic heterocycles. The van der Waals surface area contributed by atoms with Crippen LogP contribution in [0.5, 0.6) is 0 Å². The van der Waals surface area contributed by atoms with Crippen molar-refractivity contribution in [1.29, 1.82) is 0 Å². The van der Waals surface area contributed by atoms with Gasteiger partial charge in [0, 0.05) is 4.88 Å². The van der Waals surface area contributed by atoms with Gasteiger partial charge in [0.2, 0.25) is 0 Å². The Kier molecular flexibility index (Phi) is 4.19. The zero-order chi connectivity index (χ0) is 9.68. The quantitative estimate of drug-likeness (QED) is 0.712. The minimum atomic E-state index is 0.333. The fraction of sp³-hybridized carbons (Fsp3) is 0.455. The van der Waals surface area contributed by atoms with Gasteiger partial charge in [0.1, 0.15) is 0 Å². The first-order valence-corrected chi connectivity index (χ1v) is 5.63. The first-order valence-electron chi connectivity index (χ1n) is 4.75. The molecule has 2 heteroatoms. The van der Waals surface area contributed by atoms with Crippen molar-refractivity contribution in [3.63, 3.8) is 0 Å². The highest BCUT2D eigenvalue weighted by Crippen LogP contribution is 2.25. The molecule has 13 heavy (non-hydrogen) atoms. The van der Waals surface area contributed by atoms with Gasteiger partial charge in [-0.3, -0.25) is 0 Å². The van der Waals surface area contributed by atoms with E-state index in [9.17, 15) is 0 Å². The van der Waals surface area contributed by atoms with Gasteiger partial charge in [0.15, 0.2) is 0 Å². The summed E-state index contributed by atoms with van der Waals surface area (Å²) in [6.07, 6.45) is 3.09. The van der Waals surface area contributed by atoms with E-state index < -0.39 is 0 Å². The summed E-state index contributed by atoms with van der Waals surface area (Å²) in [6, 6.07) is 2.54. The maximum atomic E-state index is 3.86. The van der Waals surface area contributed by atoms with Crippen LogP contribution >= 0.6 is 11.3 Å². The fourth-order valence-corrected chi connectivity index (χ4v) is 2.48. The number of likely N-dealkylation sites (N-methyl/N-ethyl adjacent to an activating group) is 1. The van der Waals surface area contributed by atoms with Crippen molar-refractivity contribution in [3.05, 3.63) is 34.5 Å². The molecule has 0 aliphatic carbocycles. The van der Waals surface area contributed by atoms with Gasteiger partial charge in [-0.15, -0.1) is 17.9 Å². The number of thiophene rings is 1. The Bertz CT molecular complexity index is 265. The zero-order valence-electron chi connectivity index (χ0n) is 8.34. The van der Waals surface area contributed by atoms with Crippen LogP contribution in [0.25, 0.3) is 0 Å². The molecule has 72 valence electrons. The lowest BCUT2D eigenvalue weighted by Crippen LogP contribution is -2.18. The van der Waals surface area contributed by atoms with E-state index in [0.29, 0.717) is 6.04 Å². The van der Waals surface area contributed by atoms with E-state index in [0.717, 1.165) is 13.0 Å². The molecular weight excluding hydrogens is 178 g/mol. The maximum absolute atomic E-state index is 3.86. The highest BCUT2D eigenvalue weighted by molar-refractivity contribution is 7.10. The lowest BCUT2D eigenvalue weighted by Gasteiger charge is -2.13. The Morgan fingerprint density at radius 1 is 1.62 bits per heavy atom. The Labute approximate surface area is 84.5 Å². The number of nitrogens with one attached hydrogen (secondary N) is 1. The van der Waals surface area contributed by atoms with E-state index in [1.54, 1.807) is 0 Å². The van der Waals surface area contributed by atoms with Crippen molar-refractivity contribution < 1.29 is 0 Å². The highest BCUT2D eigenvalue weighted by atomic mass is 32.1. The molecule has 1 unspecified atom stereocenters. The van der Waals surface area contributed by atoms with Gasteiger partial charge in [-0.2, -0.15) is 0 Å². The molecular formula is C11H17NS. The lowest BCUT2D eigenvalue weighted by molar-refractivity contribution is 0.654. The topological polar surface area (TPSA) is 12.0 Å². The molecule has 1 rings (SSSR count). The second kappa shape index (κ2) is 5.20. The molecule has 0 spiro atoms. The molecule has 0 aliphatic rings. The first-order chi connectivity index (χ1) is 6.33. The molecule has 0 amide bonds. The monoisotopic (exact) mass is 195 g/mol. The van der Waals surface area contributed by atoms with Crippen molar-refractivity contribution in [1.82, 2.24) is 5.32 Å². The molecule has 1 heterocycles. The summed E-state index contributed by atoms with van der Waals surface area (Å²) >= 11 is 1.81.